The van der Waals surface area contributed by atoms with Gasteiger partial charge >= 0.3 is 0 Å². The predicted octanol–water partition coefficient (Wildman–Crippen LogP) is -0.296. The van der Waals surface area contributed by atoms with Crippen LogP contribution in [-0.2, 0) is 10.0 Å². The molecule has 2 aliphatic heterocycles. The van der Waals surface area contributed by atoms with Crippen molar-refractivity contribution in [3.8, 4) is 0 Å². The molecule has 0 aromatic heterocycles. The van der Waals surface area contributed by atoms with E-state index in [4.69, 9.17) is 0 Å². The Hall–Kier alpha value is -0.170. The lowest BCUT2D eigenvalue weighted by atomic mass is 10.2. The van der Waals surface area contributed by atoms with Crippen LogP contribution >= 0.6 is 0 Å². The SMILES string of the molecule is CC1CNCCN(CC2CCCN2C)S1(=O)=O. The van der Waals surface area contributed by atoms with Gasteiger partial charge in [-0.05, 0) is 33.4 Å². The third-order valence-corrected chi connectivity index (χ3v) is 6.16. The maximum atomic E-state index is 12.3. The van der Waals surface area contributed by atoms with Crippen LogP contribution in [0.1, 0.15) is 19.8 Å². The highest BCUT2D eigenvalue weighted by Crippen LogP contribution is 2.19. The van der Waals surface area contributed by atoms with Gasteiger partial charge in [-0.15, -0.1) is 0 Å². The summed E-state index contributed by atoms with van der Waals surface area (Å²) >= 11 is 0. The van der Waals surface area contributed by atoms with Crippen LogP contribution in [0.2, 0.25) is 0 Å². The van der Waals surface area contributed by atoms with Crippen molar-refractivity contribution in [3.63, 3.8) is 0 Å². The highest BCUT2D eigenvalue weighted by molar-refractivity contribution is 7.89. The van der Waals surface area contributed by atoms with Crippen LogP contribution in [0.5, 0.6) is 0 Å². The summed E-state index contributed by atoms with van der Waals surface area (Å²) < 4.78 is 26.3. The highest BCUT2D eigenvalue weighted by atomic mass is 32.2. The van der Waals surface area contributed by atoms with E-state index < -0.39 is 10.0 Å². The lowest BCUT2D eigenvalue weighted by molar-refractivity contribution is 0.258. The van der Waals surface area contributed by atoms with Crippen molar-refractivity contribution in [1.29, 1.82) is 0 Å². The third kappa shape index (κ3) is 2.81. The minimum atomic E-state index is -3.11. The van der Waals surface area contributed by atoms with Gasteiger partial charge in [0.1, 0.15) is 0 Å². The lowest BCUT2D eigenvalue weighted by Gasteiger charge is -2.28. The number of hydrogen-bond donors (Lipinski definition) is 1. The monoisotopic (exact) mass is 261 g/mol. The van der Waals surface area contributed by atoms with Crippen LogP contribution < -0.4 is 5.32 Å². The second-order valence-electron chi connectivity index (χ2n) is 5.19. The Kier molecular flexibility index (Phi) is 4.07. The second-order valence-corrected chi connectivity index (χ2v) is 7.55. The maximum absolute atomic E-state index is 12.3. The minimum Gasteiger partial charge on any atom is -0.314 e. The molecular weight excluding hydrogens is 238 g/mol. The van der Waals surface area contributed by atoms with Crippen molar-refractivity contribution < 1.29 is 8.42 Å². The molecule has 2 saturated heterocycles. The van der Waals surface area contributed by atoms with E-state index in [9.17, 15) is 8.42 Å². The molecule has 5 nitrogen and oxygen atoms in total. The average Bonchev–Trinajstić information content (AvgIpc) is 2.62. The number of likely N-dealkylation sites (N-methyl/N-ethyl adjacent to an activating group) is 1. The second kappa shape index (κ2) is 5.22. The summed E-state index contributed by atoms with van der Waals surface area (Å²) in [5, 5.41) is 2.88. The van der Waals surface area contributed by atoms with Gasteiger partial charge in [-0.1, -0.05) is 0 Å². The van der Waals surface area contributed by atoms with Gasteiger partial charge in [-0.3, -0.25) is 0 Å². The first-order chi connectivity index (χ1) is 8.01. The molecule has 2 unspecified atom stereocenters. The fourth-order valence-electron chi connectivity index (χ4n) is 2.64. The maximum Gasteiger partial charge on any atom is 0.218 e. The van der Waals surface area contributed by atoms with Crippen molar-refractivity contribution in [3.05, 3.63) is 0 Å². The number of nitrogens with one attached hydrogen (secondary N) is 1. The molecule has 0 spiro atoms. The standard InChI is InChI=1S/C11H23N3O2S/c1-10-8-12-5-7-14(17(10,15)16)9-11-4-3-6-13(11)2/h10-12H,3-9H2,1-2H3. The third-order valence-electron chi connectivity index (χ3n) is 3.92. The molecule has 0 radical (unpaired) electrons. The molecule has 0 amide bonds. The molecule has 6 heteroatoms. The molecule has 0 aromatic rings. The van der Waals surface area contributed by atoms with E-state index in [2.05, 4.69) is 17.3 Å². The van der Waals surface area contributed by atoms with Gasteiger partial charge in [0.2, 0.25) is 10.0 Å². The van der Waals surface area contributed by atoms with Crippen LogP contribution in [0.15, 0.2) is 0 Å². The quantitative estimate of drug-likeness (QED) is 0.742. The number of sulfonamides is 1. The summed E-state index contributed by atoms with van der Waals surface area (Å²) in [5.74, 6) is 0. The molecule has 2 fully saturated rings. The fourth-order valence-corrected chi connectivity index (χ4v) is 4.20. The summed E-state index contributed by atoms with van der Waals surface area (Å²) in [6.45, 7) is 5.48. The molecule has 0 saturated carbocycles. The van der Waals surface area contributed by atoms with Gasteiger partial charge in [0.25, 0.3) is 0 Å². The first-order valence-corrected chi connectivity index (χ1v) is 7.92. The van der Waals surface area contributed by atoms with E-state index in [-0.39, 0.29) is 5.25 Å². The number of likely N-dealkylation sites (tertiary alicyclic amines) is 1. The van der Waals surface area contributed by atoms with Crippen LogP contribution in [0, 0.1) is 0 Å². The van der Waals surface area contributed by atoms with Gasteiger partial charge < -0.3 is 10.2 Å². The number of hydrogen-bond acceptors (Lipinski definition) is 4. The van der Waals surface area contributed by atoms with E-state index in [0.29, 0.717) is 25.7 Å². The van der Waals surface area contributed by atoms with E-state index >= 15 is 0 Å². The van der Waals surface area contributed by atoms with E-state index in [0.717, 1.165) is 19.5 Å². The lowest BCUT2D eigenvalue weighted by Crippen LogP contribution is -2.44. The van der Waals surface area contributed by atoms with Crippen LogP contribution in [0.4, 0.5) is 0 Å². The molecule has 17 heavy (non-hydrogen) atoms. The Bertz CT molecular complexity index is 358. The molecule has 100 valence electrons. The Morgan fingerprint density at radius 3 is 2.76 bits per heavy atom. The van der Waals surface area contributed by atoms with Gasteiger partial charge in [0.05, 0.1) is 5.25 Å². The topological polar surface area (TPSA) is 52.6 Å². The first-order valence-electron chi connectivity index (χ1n) is 6.41. The zero-order valence-electron chi connectivity index (χ0n) is 10.7. The van der Waals surface area contributed by atoms with Gasteiger partial charge in [-0.2, -0.15) is 4.31 Å². The summed E-state index contributed by atoms with van der Waals surface area (Å²) in [4.78, 5) is 2.28. The predicted molar refractivity (Wildman–Crippen MR) is 68.5 cm³/mol. The average molecular weight is 261 g/mol. The summed E-state index contributed by atoms with van der Waals surface area (Å²) in [6.07, 6.45) is 2.30. The molecule has 1 N–H and O–H groups in total. The molecule has 0 aromatic carbocycles. The van der Waals surface area contributed by atoms with E-state index in [1.807, 2.05) is 0 Å². The molecule has 2 rings (SSSR count). The zero-order valence-corrected chi connectivity index (χ0v) is 11.5. The van der Waals surface area contributed by atoms with Crippen LogP contribution in [-0.4, -0.2) is 68.7 Å². The molecule has 2 aliphatic rings. The van der Waals surface area contributed by atoms with Crippen molar-refractivity contribution in [2.75, 3.05) is 39.8 Å². The summed E-state index contributed by atoms with van der Waals surface area (Å²) in [7, 11) is -1.02. The Balaban J connectivity index is 2.07. The van der Waals surface area contributed by atoms with Gasteiger partial charge in [-0.25, -0.2) is 8.42 Å². The number of rotatable bonds is 2. The van der Waals surface area contributed by atoms with Crippen molar-refractivity contribution in [1.82, 2.24) is 14.5 Å². The fraction of sp³-hybridized carbons (Fsp3) is 1.00. The zero-order chi connectivity index (χ0) is 12.5. The molecule has 0 bridgehead atoms. The Morgan fingerprint density at radius 2 is 2.12 bits per heavy atom. The van der Waals surface area contributed by atoms with Crippen molar-refractivity contribution in [2.45, 2.75) is 31.1 Å². The normalized spacial score (nSPS) is 35.9. The Labute approximate surface area is 104 Å². The van der Waals surface area contributed by atoms with Crippen LogP contribution in [0.25, 0.3) is 0 Å². The summed E-state index contributed by atoms with van der Waals surface area (Å²) in [5.41, 5.74) is 0. The van der Waals surface area contributed by atoms with Crippen molar-refractivity contribution in [2.24, 2.45) is 0 Å². The molecule has 0 aliphatic carbocycles. The van der Waals surface area contributed by atoms with Crippen LogP contribution in [0.3, 0.4) is 0 Å². The van der Waals surface area contributed by atoms with Gasteiger partial charge in [0.15, 0.2) is 0 Å². The van der Waals surface area contributed by atoms with Gasteiger partial charge in [0, 0.05) is 32.2 Å². The molecule has 2 heterocycles. The summed E-state index contributed by atoms with van der Waals surface area (Å²) in [6, 6.07) is 0.398. The molecular formula is C11H23N3O2S. The first kappa shape index (κ1) is 13.3. The van der Waals surface area contributed by atoms with E-state index in [1.54, 1.807) is 11.2 Å². The minimum absolute atomic E-state index is 0.309. The van der Waals surface area contributed by atoms with Crippen molar-refractivity contribution >= 4 is 10.0 Å². The Morgan fingerprint density at radius 1 is 1.35 bits per heavy atom. The smallest absolute Gasteiger partial charge is 0.218 e. The largest absolute Gasteiger partial charge is 0.314 e. The highest BCUT2D eigenvalue weighted by Gasteiger charge is 2.34. The number of nitrogens with zero attached hydrogens (tertiary/aromatic N) is 2. The molecule has 2 atom stereocenters. The van der Waals surface area contributed by atoms with E-state index in [1.165, 1.54) is 6.42 Å².